The minimum atomic E-state index is -0.831. The molecule has 0 radical (unpaired) electrons. The third kappa shape index (κ3) is 3.75. The number of nitrogens with zero attached hydrogens (tertiary/aromatic N) is 4. The number of rotatable bonds is 5. The molecule has 1 amide bonds. The van der Waals surface area contributed by atoms with Crippen LogP contribution in [0.2, 0.25) is 0 Å². The Bertz CT molecular complexity index is 1080. The van der Waals surface area contributed by atoms with Gasteiger partial charge in [-0.1, -0.05) is 6.07 Å². The van der Waals surface area contributed by atoms with Crippen LogP contribution in [0.4, 0.5) is 19.3 Å². The molecule has 1 aromatic carbocycles. The highest BCUT2D eigenvalue weighted by atomic mass is 32.1. The maximum absolute atomic E-state index is 14.7. The molecule has 0 saturated carbocycles. The van der Waals surface area contributed by atoms with Crippen molar-refractivity contribution in [1.29, 1.82) is 0 Å². The minimum Gasteiger partial charge on any atom is -0.442 e. The molecule has 1 fully saturated rings. The van der Waals surface area contributed by atoms with Gasteiger partial charge in [0.25, 0.3) is 0 Å². The highest BCUT2D eigenvalue weighted by Gasteiger charge is 2.33. The Labute approximate surface area is 168 Å². The van der Waals surface area contributed by atoms with Gasteiger partial charge < -0.3 is 9.15 Å². The molecule has 1 aliphatic heterocycles. The molecule has 0 unspecified atom stereocenters. The van der Waals surface area contributed by atoms with Gasteiger partial charge in [-0.15, -0.1) is 0 Å². The van der Waals surface area contributed by atoms with E-state index >= 15 is 0 Å². The molecular formula is C19H12F2N4O3S. The lowest BCUT2D eigenvalue weighted by Gasteiger charge is -2.15. The normalized spacial score (nSPS) is 15.9. The fourth-order valence-electron chi connectivity index (χ4n) is 2.99. The molecule has 29 heavy (non-hydrogen) atoms. The molecule has 3 aromatic rings. The first-order chi connectivity index (χ1) is 14.1. The molecule has 0 spiro atoms. The topological polar surface area (TPSA) is 80.8 Å². The van der Waals surface area contributed by atoms with Crippen LogP contribution in [0.3, 0.4) is 0 Å². The van der Waals surface area contributed by atoms with Crippen LogP contribution in [0.25, 0.3) is 22.6 Å². The van der Waals surface area contributed by atoms with Gasteiger partial charge in [-0.3, -0.25) is 9.88 Å². The first-order valence-corrected chi connectivity index (χ1v) is 8.83. The Hall–Kier alpha value is -3.49. The van der Waals surface area contributed by atoms with Gasteiger partial charge in [0.15, 0.2) is 12.2 Å². The monoisotopic (exact) mass is 414 g/mol. The number of carbonyl (C=O) groups is 1. The van der Waals surface area contributed by atoms with Crippen molar-refractivity contribution < 1.29 is 22.7 Å². The van der Waals surface area contributed by atoms with E-state index in [1.165, 1.54) is 24.9 Å². The number of hydrogen-bond acceptors (Lipinski definition) is 7. The van der Waals surface area contributed by atoms with Crippen LogP contribution in [0, 0.1) is 11.6 Å². The average molecular weight is 414 g/mol. The lowest BCUT2D eigenvalue weighted by atomic mass is 10.0. The predicted octanol–water partition coefficient (Wildman–Crippen LogP) is 4.11. The van der Waals surface area contributed by atoms with Crippen LogP contribution in [0.15, 0.2) is 52.5 Å². The third-order valence-electron chi connectivity index (χ3n) is 4.31. The number of isothiocyanates is 1. The Morgan fingerprint density at radius 2 is 2.07 bits per heavy atom. The minimum absolute atomic E-state index is 0.0498. The van der Waals surface area contributed by atoms with Crippen molar-refractivity contribution in [2.75, 3.05) is 18.0 Å². The van der Waals surface area contributed by atoms with Crippen LogP contribution in [0.1, 0.15) is 0 Å². The number of anilines is 1. The Kier molecular flexibility index (Phi) is 5.11. The third-order valence-corrected chi connectivity index (χ3v) is 4.44. The summed E-state index contributed by atoms with van der Waals surface area (Å²) in [4.78, 5) is 24.8. The second kappa shape index (κ2) is 7.86. The number of amides is 1. The van der Waals surface area contributed by atoms with Gasteiger partial charge in [-0.05, 0) is 30.4 Å². The molecule has 0 N–H and O–H groups in total. The lowest BCUT2D eigenvalue weighted by Crippen LogP contribution is -2.25. The highest BCUT2D eigenvalue weighted by Crippen LogP contribution is 2.32. The summed E-state index contributed by atoms with van der Waals surface area (Å²) in [5.41, 5.74) is 0.522. The quantitative estimate of drug-likeness (QED) is 0.462. The average Bonchev–Trinajstić information content (AvgIpc) is 3.36. The van der Waals surface area contributed by atoms with Gasteiger partial charge in [-0.2, -0.15) is 0 Å². The number of aromatic nitrogens is 2. The number of benzene rings is 1. The summed E-state index contributed by atoms with van der Waals surface area (Å²) in [7, 11) is 0. The molecule has 2 aromatic heterocycles. The molecule has 4 rings (SSSR count). The molecular weight excluding hydrogens is 402 g/mol. The summed E-state index contributed by atoms with van der Waals surface area (Å²) in [5.74, 6) is -1.22. The number of cyclic esters (lactones) is 1. The fourth-order valence-corrected chi connectivity index (χ4v) is 3.06. The number of carbonyl (C=O) groups excluding carboxylic acids is 1. The maximum atomic E-state index is 14.7. The SMILES string of the molecule is O=C1O[C@H](CN=C=S)CN1c1cc(F)c(-c2ccc(-c3cnco3)nc2)c(F)c1. The molecule has 10 heteroatoms. The summed E-state index contributed by atoms with van der Waals surface area (Å²) in [6, 6.07) is 5.25. The number of aliphatic imine (C=N–C) groups is 1. The van der Waals surface area contributed by atoms with Gasteiger partial charge in [0.05, 0.1) is 35.7 Å². The first kappa shape index (κ1) is 18.9. The van der Waals surface area contributed by atoms with Crippen molar-refractivity contribution in [2.24, 2.45) is 4.99 Å². The molecule has 1 aliphatic rings. The molecule has 1 atom stereocenters. The van der Waals surface area contributed by atoms with Crippen molar-refractivity contribution in [2.45, 2.75) is 6.10 Å². The zero-order chi connectivity index (χ0) is 20.4. The molecule has 3 heterocycles. The van der Waals surface area contributed by atoms with Crippen LogP contribution in [-0.4, -0.2) is 40.4 Å². The number of halogens is 2. The van der Waals surface area contributed by atoms with E-state index in [0.29, 0.717) is 11.5 Å². The van der Waals surface area contributed by atoms with Gasteiger partial charge in [0.2, 0.25) is 0 Å². The number of pyridine rings is 1. The number of thiocarbonyl (C=S) groups is 1. The standard InChI is InChI=1S/C19H12F2N4O3S/c20-14-3-12(25-8-13(6-23-10-29)28-19(25)26)4-15(21)18(14)11-1-2-16(24-5-11)17-7-22-9-27-17/h1-5,7,9,13H,6,8H2/t13-/m1/s1. The van der Waals surface area contributed by atoms with Crippen LogP contribution in [0.5, 0.6) is 0 Å². The van der Waals surface area contributed by atoms with Crippen molar-refractivity contribution in [1.82, 2.24) is 9.97 Å². The van der Waals surface area contributed by atoms with Gasteiger partial charge >= 0.3 is 6.09 Å². The zero-order valence-corrected chi connectivity index (χ0v) is 15.5. The summed E-state index contributed by atoms with van der Waals surface area (Å²) < 4.78 is 39.7. The summed E-state index contributed by atoms with van der Waals surface area (Å²) >= 11 is 4.48. The number of hydrogen-bond donors (Lipinski definition) is 0. The smallest absolute Gasteiger partial charge is 0.414 e. The molecule has 1 saturated heterocycles. The van der Waals surface area contributed by atoms with E-state index in [-0.39, 0.29) is 29.9 Å². The van der Waals surface area contributed by atoms with Crippen LogP contribution >= 0.6 is 12.2 Å². The summed E-state index contributed by atoms with van der Waals surface area (Å²) in [6.45, 7) is 0.239. The first-order valence-electron chi connectivity index (χ1n) is 8.43. The van der Waals surface area contributed by atoms with Crippen molar-refractivity contribution in [3.05, 3.63) is 54.7 Å². The zero-order valence-electron chi connectivity index (χ0n) is 14.7. The van der Waals surface area contributed by atoms with Crippen molar-refractivity contribution in [3.8, 4) is 22.6 Å². The molecule has 146 valence electrons. The Balaban J connectivity index is 1.61. The molecule has 0 bridgehead atoms. The van der Waals surface area contributed by atoms with Crippen LogP contribution < -0.4 is 4.90 Å². The Morgan fingerprint density at radius 1 is 1.28 bits per heavy atom. The van der Waals surface area contributed by atoms with E-state index in [2.05, 4.69) is 32.3 Å². The van der Waals surface area contributed by atoms with Crippen molar-refractivity contribution >= 4 is 29.2 Å². The second-order valence-corrected chi connectivity index (χ2v) is 6.31. The van der Waals surface area contributed by atoms with E-state index in [4.69, 9.17) is 9.15 Å². The van der Waals surface area contributed by atoms with E-state index in [1.54, 1.807) is 6.07 Å². The van der Waals surface area contributed by atoms with Gasteiger partial charge in [0.1, 0.15) is 23.4 Å². The predicted molar refractivity (Wildman–Crippen MR) is 103 cm³/mol. The van der Waals surface area contributed by atoms with E-state index in [1.807, 2.05) is 0 Å². The lowest BCUT2D eigenvalue weighted by molar-refractivity contribution is 0.145. The molecule has 0 aliphatic carbocycles. The Morgan fingerprint density at radius 3 is 2.69 bits per heavy atom. The van der Waals surface area contributed by atoms with E-state index < -0.39 is 23.8 Å². The largest absolute Gasteiger partial charge is 0.442 e. The maximum Gasteiger partial charge on any atom is 0.414 e. The summed E-state index contributed by atoms with van der Waals surface area (Å²) in [5, 5.41) is 2.18. The highest BCUT2D eigenvalue weighted by molar-refractivity contribution is 7.78. The number of ether oxygens (including phenoxy) is 1. The number of oxazole rings is 1. The van der Waals surface area contributed by atoms with E-state index in [0.717, 1.165) is 17.0 Å². The van der Waals surface area contributed by atoms with Crippen LogP contribution in [-0.2, 0) is 4.74 Å². The van der Waals surface area contributed by atoms with Gasteiger partial charge in [0, 0.05) is 11.8 Å². The summed E-state index contributed by atoms with van der Waals surface area (Å²) in [6.07, 6.45) is 2.81. The molecule has 7 nitrogen and oxygen atoms in total. The fraction of sp³-hybridized carbons (Fsp3) is 0.158. The van der Waals surface area contributed by atoms with Crippen molar-refractivity contribution in [3.63, 3.8) is 0 Å². The van der Waals surface area contributed by atoms with Gasteiger partial charge in [-0.25, -0.2) is 23.6 Å². The second-order valence-electron chi connectivity index (χ2n) is 6.13. The van der Waals surface area contributed by atoms with E-state index in [9.17, 15) is 13.6 Å².